The first kappa shape index (κ1) is 17.9. The molecule has 0 fully saturated rings. The first-order valence-corrected chi connectivity index (χ1v) is 8.46. The number of benzene rings is 2. The Morgan fingerprint density at radius 3 is 2.04 bits per heavy atom. The predicted molar refractivity (Wildman–Crippen MR) is 97.8 cm³/mol. The second-order valence-electron chi connectivity index (χ2n) is 5.69. The van der Waals surface area contributed by atoms with Gasteiger partial charge in [0.25, 0.3) is 0 Å². The fourth-order valence-electron chi connectivity index (χ4n) is 2.55. The molecule has 0 atom stereocenters. The molecule has 0 saturated heterocycles. The van der Waals surface area contributed by atoms with E-state index in [9.17, 15) is 9.18 Å². The van der Waals surface area contributed by atoms with Crippen molar-refractivity contribution in [3.8, 4) is 0 Å². The lowest BCUT2D eigenvalue weighted by atomic mass is 9.96. The van der Waals surface area contributed by atoms with E-state index >= 15 is 0 Å². The van der Waals surface area contributed by atoms with E-state index in [-0.39, 0.29) is 12.2 Å². The van der Waals surface area contributed by atoms with Crippen molar-refractivity contribution in [2.75, 3.05) is 6.67 Å². The standard InChI is InChI=1S/C22H23FO/c1-2-3-10-21(22(24)19-13-8-5-9-14-19)17-20(15-16-23)18-11-6-4-7-12-18/h4-9,11-14H,2-3,10,15-16H2,1H3. The van der Waals surface area contributed by atoms with E-state index in [1.165, 1.54) is 0 Å². The van der Waals surface area contributed by atoms with Crippen molar-refractivity contribution in [1.29, 1.82) is 0 Å². The van der Waals surface area contributed by atoms with Crippen LogP contribution in [0, 0.1) is 0 Å². The van der Waals surface area contributed by atoms with Crippen LogP contribution in [0.15, 0.2) is 72.0 Å². The minimum absolute atomic E-state index is 0.0173. The first-order valence-electron chi connectivity index (χ1n) is 8.46. The molecule has 0 aliphatic heterocycles. The van der Waals surface area contributed by atoms with Gasteiger partial charge in [-0.3, -0.25) is 9.18 Å². The molecule has 2 rings (SSSR count). The molecule has 0 aliphatic carbocycles. The summed E-state index contributed by atoms with van der Waals surface area (Å²) < 4.78 is 13.0. The van der Waals surface area contributed by atoms with Gasteiger partial charge in [0.05, 0.1) is 6.67 Å². The second kappa shape index (κ2) is 9.64. The fraction of sp³-hybridized carbons (Fsp3) is 0.273. The van der Waals surface area contributed by atoms with E-state index < -0.39 is 6.67 Å². The molecule has 0 unspecified atom stereocenters. The second-order valence-corrected chi connectivity index (χ2v) is 5.69. The number of unbranched alkanes of at least 4 members (excludes halogenated alkanes) is 1. The first-order chi connectivity index (χ1) is 11.8. The molecule has 0 aromatic heterocycles. The highest BCUT2D eigenvalue weighted by Gasteiger charge is 2.12. The number of hydrogen-bond acceptors (Lipinski definition) is 1. The van der Waals surface area contributed by atoms with Crippen LogP contribution >= 0.6 is 0 Å². The SMILES string of the molecule is CCCCC(=C=C(CCF)c1ccccc1)C(=O)c1ccccc1. The highest BCUT2D eigenvalue weighted by molar-refractivity contribution is 6.09. The zero-order valence-corrected chi connectivity index (χ0v) is 14.1. The quantitative estimate of drug-likeness (QED) is 0.329. The monoisotopic (exact) mass is 322 g/mol. The van der Waals surface area contributed by atoms with Crippen molar-refractivity contribution < 1.29 is 9.18 Å². The molecule has 2 heteroatoms. The van der Waals surface area contributed by atoms with Gasteiger partial charge >= 0.3 is 0 Å². The number of Topliss-reactive ketones (excluding diaryl/α,β-unsaturated/α-hetero) is 1. The maximum atomic E-state index is 13.0. The van der Waals surface area contributed by atoms with Gasteiger partial charge in [-0.1, -0.05) is 74.0 Å². The highest BCUT2D eigenvalue weighted by atomic mass is 19.1. The van der Waals surface area contributed by atoms with Crippen LogP contribution in [0.25, 0.3) is 5.57 Å². The summed E-state index contributed by atoms with van der Waals surface area (Å²) in [5.41, 5.74) is 6.22. The minimum Gasteiger partial charge on any atom is -0.288 e. The molecule has 0 amide bonds. The van der Waals surface area contributed by atoms with E-state index in [2.05, 4.69) is 12.7 Å². The number of rotatable bonds is 8. The van der Waals surface area contributed by atoms with Gasteiger partial charge in [0.1, 0.15) is 0 Å². The summed E-state index contributed by atoms with van der Waals surface area (Å²) >= 11 is 0. The molecular formula is C22H23FO. The van der Waals surface area contributed by atoms with Gasteiger partial charge in [0.2, 0.25) is 0 Å². The molecule has 0 N–H and O–H groups in total. The van der Waals surface area contributed by atoms with Crippen molar-refractivity contribution in [1.82, 2.24) is 0 Å². The van der Waals surface area contributed by atoms with E-state index in [4.69, 9.17) is 0 Å². The predicted octanol–water partition coefficient (Wildman–Crippen LogP) is 6.03. The van der Waals surface area contributed by atoms with E-state index in [0.717, 1.165) is 24.0 Å². The molecule has 0 saturated carbocycles. The summed E-state index contributed by atoms with van der Waals surface area (Å²) in [4.78, 5) is 12.8. The Labute approximate surface area is 143 Å². The molecule has 0 bridgehead atoms. The zero-order chi connectivity index (χ0) is 17.2. The van der Waals surface area contributed by atoms with Gasteiger partial charge in [-0.25, -0.2) is 0 Å². The van der Waals surface area contributed by atoms with Crippen LogP contribution in [0.1, 0.15) is 48.5 Å². The molecule has 0 aliphatic rings. The topological polar surface area (TPSA) is 17.1 Å². The molecule has 0 radical (unpaired) electrons. The van der Waals surface area contributed by atoms with Crippen molar-refractivity contribution in [2.24, 2.45) is 0 Å². The van der Waals surface area contributed by atoms with Gasteiger partial charge < -0.3 is 0 Å². The van der Waals surface area contributed by atoms with Gasteiger partial charge in [-0.15, -0.1) is 5.73 Å². The van der Waals surface area contributed by atoms with Crippen molar-refractivity contribution in [3.63, 3.8) is 0 Å². The summed E-state index contributed by atoms with van der Waals surface area (Å²) in [5, 5.41) is 0. The van der Waals surface area contributed by atoms with Crippen molar-refractivity contribution >= 4 is 11.4 Å². The maximum absolute atomic E-state index is 13.0. The van der Waals surface area contributed by atoms with Crippen molar-refractivity contribution in [2.45, 2.75) is 32.6 Å². The molecule has 124 valence electrons. The Morgan fingerprint density at radius 1 is 0.917 bits per heavy atom. The van der Waals surface area contributed by atoms with Crippen LogP contribution in [0.4, 0.5) is 4.39 Å². The van der Waals surface area contributed by atoms with Gasteiger partial charge in [-0.2, -0.15) is 0 Å². The lowest BCUT2D eigenvalue weighted by Crippen LogP contribution is -2.03. The zero-order valence-electron chi connectivity index (χ0n) is 14.1. The largest absolute Gasteiger partial charge is 0.288 e. The van der Waals surface area contributed by atoms with Gasteiger partial charge in [-0.05, 0) is 18.4 Å². The number of ketones is 1. The van der Waals surface area contributed by atoms with Gasteiger partial charge in [0.15, 0.2) is 5.78 Å². The molecule has 2 aromatic carbocycles. The number of carbonyl (C=O) groups is 1. The van der Waals surface area contributed by atoms with Crippen LogP contribution in [0.2, 0.25) is 0 Å². The van der Waals surface area contributed by atoms with Crippen LogP contribution in [0.3, 0.4) is 0 Å². The third-order valence-electron chi connectivity index (χ3n) is 3.86. The van der Waals surface area contributed by atoms with Crippen LogP contribution < -0.4 is 0 Å². The Hall–Kier alpha value is -2.44. The van der Waals surface area contributed by atoms with Gasteiger partial charge in [0, 0.05) is 23.1 Å². The number of halogens is 1. The van der Waals surface area contributed by atoms with Crippen LogP contribution in [-0.4, -0.2) is 12.5 Å². The fourth-order valence-corrected chi connectivity index (χ4v) is 2.55. The summed E-state index contributed by atoms with van der Waals surface area (Å²) in [6.07, 6.45) is 2.84. The smallest absolute Gasteiger partial charge is 0.196 e. The Morgan fingerprint density at radius 2 is 1.50 bits per heavy atom. The van der Waals surface area contributed by atoms with E-state index in [0.29, 0.717) is 17.6 Å². The Kier molecular flexibility index (Phi) is 7.20. The highest BCUT2D eigenvalue weighted by Crippen LogP contribution is 2.21. The maximum Gasteiger partial charge on any atom is 0.196 e. The van der Waals surface area contributed by atoms with Crippen LogP contribution in [0.5, 0.6) is 0 Å². The van der Waals surface area contributed by atoms with E-state index in [1.807, 2.05) is 60.7 Å². The van der Waals surface area contributed by atoms with Crippen LogP contribution in [-0.2, 0) is 0 Å². The third kappa shape index (κ3) is 5.04. The summed E-state index contributed by atoms with van der Waals surface area (Å²) in [6.45, 7) is 1.63. The molecular weight excluding hydrogens is 299 g/mol. The third-order valence-corrected chi connectivity index (χ3v) is 3.86. The number of hydrogen-bond donors (Lipinski definition) is 0. The number of allylic oxidation sites excluding steroid dienone is 1. The Bertz CT molecular complexity index is 710. The molecule has 0 spiro atoms. The molecule has 24 heavy (non-hydrogen) atoms. The lowest BCUT2D eigenvalue weighted by Gasteiger charge is -2.07. The summed E-state index contributed by atoms with van der Waals surface area (Å²) in [5.74, 6) is -0.0173. The van der Waals surface area contributed by atoms with E-state index in [1.54, 1.807) is 0 Å². The van der Waals surface area contributed by atoms with Crippen molar-refractivity contribution in [3.05, 3.63) is 83.1 Å². The number of alkyl halides is 1. The summed E-state index contributed by atoms with van der Waals surface area (Å²) in [7, 11) is 0. The normalized spacial score (nSPS) is 10.1. The summed E-state index contributed by atoms with van der Waals surface area (Å²) in [6, 6.07) is 18.8. The molecule has 0 heterocycles. The average molecular weight is 322 g/mol. The minimum atomic E-state index is -0.461. The molecule has 1 nitrogen and oxygen atoms in total. The number of carbonyl (C=O) groups excluding carboxylic acids is 1. The Balaban J connectivity index is 2.50. The molecule has 2 aromatic rings. The average Bonchev–Trinajstić information content (AvgIpc) is 2.65. The lowest BCUT2D eigenvalue weighted by molar-refractivity contribution is 0.103.